The van der Waals surface area contributed by atoms with Crippen LogP contribution in [0.3, 0.4) is 0 Å². The monoisotopic (exact) mass is 400 g/mol. The minimum Gasteiger partial charge on any atom is -0.455 e. The van der Waals surface area contributed by atoms with Gasteiger partial charge in [-0.25, -0.2) is 0 Å². The molecule has 146 valence electrons. The zero-order valence-corrected chi connectivity index (χ0v) is 16.2. The number of ether oxygens (including phenoxy) is 1. The summed E-state index contributed by atoms with van der Waals surface area (Å²) in [6.07, 6.45) is 0.101. The largest absolute Gasteiger partial charge is 0.455 e. The summed E-state index contributed by atoms with van der Waals surface area (Å²) < 4.78 is 5.11. The van der Waals surface area contributed by atoms with Crippen molar-refractivity contribution in [2.75, 3.05) is 18.5 Å². The van der Waals surface area contributed by atoms with Crippen molar-refractivity contribution in [3.63, 3.8) is 0 Å². The summed E-state index contributed by atoms with van der Waals surface area (Å²) in [4.78, 5) is 38.1. The maximum atomic E-state index is 12.3. The minimum absolute atomic E-state index is 0.0907. The van der Waals surface area contributed by atoms with Gasteiger partial charge in [-0.1, -0.05) is 41.9 Å². The van der Waals surface area contributed by atoms with Crippen LogP contribution < -0.4 is 5.32 Å². The summed E-state index contributed by atoms with van der Waals surface area (Å²) in [5, 5.41) is 3.26. The highest BCUT2D eigenvalue weighted by Crippen LogP contribution is 2.22. The van der Waals surface area contributed by atoms with Gasteiger partial charge >= 0.3 is 5.97 Å². The van der Waals surface area contributed by atoms with Gasteiger partial charge in [-0.2, -0.15) is 0 Å². The Morgan fingerprint density at radius 3 is 2.68 bits per heavy atom. The van der Waals surface area contributed by atoms with Gasteiger partial charge in [0.05, 0.1) is 5.92 Å². The fourth-order valence-electron chi connectivity index (χ4n) is 3.09. The van der Waals surface area contributed by atoms with Gasteiger partial charge in [-0.15, -0.1) is 0 Å². The first-order valence-electron chi connectivity index (χ1n) is 8.96. The zero-order valence-electron chi connectivity index (χ0n) is 15.5. The SMILES string of the molecule is Cc1cc(Cl)ccc1NC(=O)COC(=O)C1CC(=O)N(Cc2ccccc2)C1. The van der Waals surface area contributed by atoms with Crippen LogP contribution >= 0.6 is 11.6 Å². The van der Waals surface area contributed by atoms with Crippen LogP contribution in [0.2, 0.25) is 5.02 Å². The molecule has 1 saturated heterocycles. The number of benzene rings is 2. The van der Waals surface area contributed by atoms with E-state index in [0.717, 1.165) is 11.1 Å². The van der Waals surface area contributed by atoms with E-state index in [1.807, 2.05) is 37.3 Å². The lowest BCUT2D eigenvalue weighted by molar-refractivity contribution is -0.151. The maximum absolute atomic E-state index is 12.3. The first-order valence-corrected chi connectivity index (χ1v) is 9.34. The number of likely N-dealkylation sites (tertiary alicyclic amines) is 1. The van der Waals surface area contributed by atoms with Crippen LogP contribution in [0.5, 0.6) is 0 Å². The Morgan fingerprint density at radius 1 is 1.21 bits per heavy atom. The molecule has 7 heteroatoms. The molecule has 0 aromatic heterocycles. The molecule has 1 atom stereocenters. The molecule has 1 N–H and O–H groups in total. The van der Waals surface area contributed by atoms with Crippen LogP contribution in [0, 0.1) is 12.8 Å². The maximum Gasteiger partial charge on any atom is 0.311 e. The van der Waals surface area contributed by atoms with Crippen molar-refractivity contribution in [3.8, 4) is 0 Å². The number of carbonyl (C=O) groups is 3. The second kappa shape index (κ2) is 8.89. The molecule has 0 radical (unpaired) electrons. The van der Waals surface area contributed by atoms with Crippen molar-refractivity contribution in [3.05, 3.63) is 64.7 Å². The zero-order chi connectivity index (χ0) is 20.1. The van der Waals surface area contributed by atoms with E-state index in [1.54, 1.807) is 23.1 Å². The third-order valence-electron chi connectivity index (χ3n) is 4.57. The molecule has 6 nitrogen and oxygen atoms in total. The van der Waals surface area contributed by atoms with Gasteiger partial charge in [0.15, 0.2) is 6.61 Å². The number of amides is 2. The average Bonchev–Trinajstić information content (AvgIpc) is 3.03. The molecular formula is C21H21ClN2O4. The molecule has 1 aliphatic rings. The third kappa shape index (κ3) is 5.10. The molecule has 1 fully saturated rings. The Balaban J connectivity index is 1.48. The number of hydrogen-bond acceptors (Lipinski definition) is 4. The smallest absolute Gasteiger partial charge is 0.311 e. The van der Waals surface area contributed by atoms with Gasteiger partial charge in [-0.3, -0.25) is 14.4 Å². The lowest BCUT2D eigenvalue weighted by Crippen LogP contribution is -2.28. The van der Waals surface area contributed by atoms with E-state index in [2.05, 4.69) is 5.32 Å². The summed E-state index contributed by atoms with van der Waals surface area (Å²) in [7, 11) is 0. The molecule has 1 aliphatic heterocycles. The number of anilines is 1. The molecule has 1 unspecified atom stereocenters. The van der Waals surface area contributed by atoms with Crippen molar-refractivity contribution >= 4 is 35.1 Å². The fourth-order valence-corrected chi connectivity index (χ4v) is 3.32. The van der Waals surface area contributed by atoms with Crippen LogP contribution in [0.15, 0.2) is 48.5 Å². The summed E-state index contributed by atoms with van der Waals surface area (Å²) in [5.74, 6) is -1.62. The summed E-state index contributed by atoms with van der Waals surface area (Å²) >= 11 is 5.89. The Kier molecular flexibility index (Phi) is 6.31. The molecule has 2 amide bonds. The molecular weight excluding hydrogens is 380 g/mol. The van der Waals surface area contributed by atoms with Crippen LogP contribution in [-0.4, -0.2) is 35.8 Å². The first-order chi connectivity index (χ1) is 13.4. The number of halogens is 1. The highest BCUT2D eigenvalue weighted by atomic mass is 35.5. The fraction of sp³-hybridized carbons (Fsp3) is 0.286. The molecule has 1 heterocycles. The summed E-state index contributed by atoms with van der Waals surface area (Å²) in [6, 6.07) is 14.7. The van der Waals surface area contributed by atoms with Crippen LogP contribution in [0.25, 0.3) is 0 Å². The summed E-state index contributed by atoms with van der Waals surface area (Å²) in [5.41, 5.74) is 2.42. The molecule has 3 rings (SSSR count). The van der Waals surface area contributed by atoms with E-state index in [1.165, 1.54) is 0 Å². The number of esters is 1. The molecule has 0 bridgehead atoms. The average molecular weight is 401 g/mol. The van der Waals surface area contributed by atoms with Gasteiger partial charge in [0.25, 0.3) is 5.91 Å². The van der Waals surface area contributed by atoms with E-state index in [4.69, 9.17) is 16.3 Å². The minimum atomic E-state index is -0.554. The predicted octanol–water partition coefficient (Wildman–Crippen LogP) is 3.18. The number of carbonyl (C=O) groups excluding carboxylic acids is 3. The number of nitrogens with one attached hydrogen (secondary N) is 1. The number of aryl methyl sites for hydroxylation is 1. The van der Waals surface area contributed by atoms with E-state index in [-0.39, 0.29) is 12.3 Å². The van der Waals surface area contributed by atoms with E-state index in [0.29, 0.717) is 23.8 Å². The van der Waals surface area contributed by atoms with E-state index >= 15 is 0 Å². The van der Waals surface area contributed by atoms with Gasteiger partial charge in [0.2, 0.25) is 5.91 Å². The quantitative estimate of drug-likeness (QED) is 0.755. The van der Waals surface area contributed by atoms with Gasteiger partial charge in [-0.05, 0) is 36.2 Å². The topological polar surface area (TPSA) is 75.7 Å². The number of rotatable bonds is 6. The second-order valence-corrected chi connectivity index (χ2v) is 7.21. The second-order valence-electron chi connectivity index (χ2n) is 6.78. The predicted molar refractivity (Wildman–Crippen MR) is 106 cm³/mol. The van der Waals surface area contributed by atoms with E-state index < -0.39 is 24.4 Å². The van der Waals surface area contributed by atoms with Crippen LogP contribution in [-0.2, 0) is 25.7 Å². The Hall–Kier alpha value is -2.86. The first kappa shape index (κ1) is 19.9. The van der Waals surface area contributed by atoms with Crippen molar-refractivity contribution in [1.29, 1.82) is 0 Å². The molecule has 0 spiro atoms. The van der Waals surface area contributed by atoms with Gasteiger partial charge in [0, 0.05) is 30.2 Å². The number of hydrogen-bond donors (Lipinski definition) is 1. The standard InChI is InChI=1S/C21H21ClN2O4/c1-14-9-17(22)7-8-18(14)23-19(25)13-28-21(27)16-10-20(26)24(12-16)11-15-5-3-2-4-6-15/h2-9,16H,10-13H2,1H3,(H,23,25). The molecule has 2 aromatic carbocycles. The lowest BCUT2D eigenvalue weighted by Gasteiger charge is -2.16. The lowest BCUT2D eigenvalue weighted by atomic mass is 10.1. The van der Waals surface area contributed by atoms with Gasteiger partial charge < -0.3 is 15.0 Å². The normalized spacial score (nSPS) is 16.1. The van der Waals surface area contributed by atoms with Crippen molar-refractivity contribution < 1.29 is 19.1 Å². The highest BCUT2D eigenvalue weighted by molar-refractivity contribution is 6.30. The Bertz CT molecular complexity index is 885. The van der Waals surface area contributed by atoms with Gasteiger partial charge in [0.1, 0.15) is 0 Å². The van der Waals surface area contributed by atoms with Crippen LogP contribution in [0.1, 0.15) is 17.5 Å². The Morgan fingerprint density at radius 2 is 1.96 bits per heavy atom. The molecule has 0 aliphatic carbocycles. The summed E-state index contributed by atoms with van der Waals surface area (Å²) in [6.45, 7) is 2.17. The third-order valence-corrected chi connectivity index (χ3v) is 4.81. The van der Waals surface area contributed by atoms with Crippen molar-refractivity contribution in [1.82, 2.24) is 4.90 Å². The van der Waals surface area contributed by atoms with E-state index in [9.17, 15) is 14.4 Å². The molecule has 28 heavy (non-hydrogen) atoms. The highest BCUT2D eigenvalue weighted by Gasteiger charge is 2.35. The molecule has 0 saturated carbocycles. The molecule has 2 aromatic rings. The van der Waals surface area contributed by atoms with Crippen molar-refractivity contribution in [2.24, 2.45) is 5.92 Å². The van der Waals surface area contributed by atoms with Crippen molar-refractivity contribution in [2.45, 2.75) is 19.9 Å². The Labute approximate surface area is 168 Å². The van der Waals surface area contributed by atoms with Crippen LogP contribution in [0.4, 0.5) is 5.69 Å². The number of nitrogens with zero attached hydrogens (tertiary/aromatic N) is 1.